The summed E-state index contributed by atoms with van der Waals surface area (Å²) in [5, 5.41) is 4.57. The third kappa shape index (κ3) is 4.14. The Labute approximate surface area is 159 Å². The Balaban J connectivity index is 1.74. The molecule has 1 aromatic carbocycles. The molecule has 3 rings (SSSR count). The van der Waals surface area contributed by atoms with Crippen molar-refractivity contribution in [2.24, 2.45) is 7.05 Å². The van der Waals surface area contributed by atoms with Crippen LogP contribution >= 0.6 is 12.2 Å². The van der Waals surface area contributed by atoms with Crippen molar-refractivity contribution < 1.29 is 17.6 Å². The minimum Gasteiger partial charge on any atom is -0.469 e. The number of benzene rings is 1. The average molecular weight is 396 g/mol. The Morgan fingerprint density at radius 3 is 2.41 bits per heavy atom. The number of aromatic nitrogens is 3. The lowest BCUT2D eigenvalue weighted by molar-refractivity contribution is -0.137. The number of rotatable bonds is 5. The van der Waals surface area contributed by atoms with Crippen molar-refractivity contribution in [1.29, 1.82) is 0 Å². The first-order valence-electron chi connectivity index (χ1n) is 8.20. The highest BCUT2D eigenvalue weighted by atomic mass is 32.1. The second-order valence-electron chi connectivity index (χ2n) is 6.41. The zero-order chi connectivity index (χ0) is 19.8. The minimum atomic E-state index is -4.33. The van der Waals surface area contributed by atoms with Crippen LogP contribution in [0.2, 0.25) is 0 Å². The number of hydrogen-bond acceptors (Lipinski definition) is 4. The summed E-state index contributed by atoms with van der Waals surface area (Å²) in [6.07, 6.45) is -2.73. The van der Waals surface area contributed by atoms with Gasteiger partial charge in [-0.25, -0.2) is 4.68 Å². The summed E-state index contributed by atoms with van der Waals surface area (Å²) >= 11 is 5.45. The van der Waals surface area contributed by atoms with Crippen LogP contribution in [0, 0.1) is 11.7 Å². The van der Waals surface area contributed by atoms with Gasteiger partial charge in [0, 0.05) is 13.6 Å². The summed E-state index contributed by atoms with van der Waals surface area (Å²) in [6, 6.07) is 6.99. The van der Waals surface area contributed by atoms with E-state index in [-0.39, 0.29) is 0 Å². The number of alkyl halides is 3. The quantitative estimate of drug-likeness (QED) is 0.590. The largest absolute Gasteiger partial charge is 0.469 e. The molecule has 9 heteroatoms. The maximum Gasteiger partial charge on any atom is 0.416 e. The average Bonchev–Trinajstić information content (AvgIpc) is 3.13. The van der Waals surface area contributed by atoms with E-state index in [1.54, 1.807) is 15.5 Å². The fraction of sp³-hybridized carbons (Fsp3) is 0.333. The molecule has 0 aliphatic heterocycles. The van der Waals surface area contributed by atoms with Crippen LogP contribution in [0.1, 0.15) is 16.9 Å². The Kier molecular flexibility index (Phi) is 5.25. The normalized spacial score (nSPS) is 12.1. The minimum absolute atomic E-state index is 0.407. The number of halogens is 3. The molecule has 0 radical (unpaired) electrons. The lowest BCUT2D eigenvalue weighted by Gasteiger charge is -2.17. The third-order valence-electron chi connectivity index (χ3n) is 4.25. The zero-order valence-electron chi connectivity index (χ0n) is 15.1. The summed E-state index contributed by atoms with van der Waals surface area (Å²) in [5.41, 5.74) is 0.993. The molecule has 144 valence electrons. The molecule has 27 heavy (non-hydrogen) atoms. The highest BCUT2D eigenvalue weighted by molar-refractivity contribution is 7.71. The van der Waals surface area contributed by atoms with E-state index in [2.05, 4.69) is 5.10 Å². The van der Waals surface area contributed by atoms with E-state index in [1.807, 2.05) is 32.0 Å². The maximum atomic E-state index is 12.7. The van der Waals surface area contributed by atoms with Gasteiger partial charge in [-0.15, -0.1) is 0 Å². The van der Waals surface area contributed by atoms with Crippen LogP contribution in [0.15, 0.2) is 41.0 Å². The predicted octanol–water partition coefficient (Wildman–Crippen LogP) is 4.63. The number of aryl methyl sites for hydroxylation is 1. The van der Waals surface area contributed by atoms with Gasteiger partial charge in [0.1, 0.15) is 5.76 Å². The molecule has 0 bridgehead atoms. The van der Waals surface area contributed by atoms with Crippen molar-refractivity contribution in [3.05, 3.63) is 58.3 Å². The third-order valence-corrected chi connectivity index (χ3v) is 4.73. The smallest absolute Gasteiger partial charge is 0.416 e. The molecule has 0 saturated carbocycles. The van der Waals surface area contributed by atoms with Crippen LogP contribution in [0.3, 0.4) is 0 Å². The van der Waals surface area contributed by atoms with Crippen LogP contribution < -0.4 is 0 Å². The molecule has 0 aliphatic carbocycles. The first kappa shape index (κ1) is 19.4. The van der Waals surface area contributed by atoms with Gasteiger partial charge in [0.25, 0.3) is 0 Å². The van der Waals surface area contributed by atoms with Crippen molar-refractivity contribution in [3.63, 3.8) is 0 Å². The second-order valence-corrected chi connectivity index (χ2v) is 6.77. The Morgan fingerprint density at radius 2 is 1.85 bits per heavy atom. The fourth-order valence-corrected chi connectivity index (χ4v) is 3.01. The number of nitrogens with zero attached hydrogens (tertiary/aromatic N) is 4. The molecular weight excluding hydrogens is 377 g/mol. The van der Waals surface area contributed by atoms with Crippen molar-refractivity contribution in [2.75, 3.05) is 7.05 Å². The van der Waals surface area contributed by atoms with Gasteiger partial charge in [-0.2, -0.15) is 18.3 Å². The summed E-state index contributed by atoms with van der Waals surface area (Å²) in [5.74, 6) is 1.46. The van der Waals surface area contributed by atoms with Crippen molar-refractivity contribution in [3.8, 4) is 11.4 Å². The standard InChI is InChI=1S/C18H19F3N4OS/c1-12-15(8-9-26-12)16-22-25(17(27)24(16)3)11-23(2)10-13-4-6-14(7-5-13)18(19,20)21/h4-9H,10-11H2,1-3H3. The van der Waals surface area contributed by atoms with E-state index in [0.717, 1.165) is 29.0 Å². The van der Waals surface area contributed by atoms with Crippen molar-refractivity contribution in [2.45, 2.75) is 26.3 Å². The molecule has 0 atom stereocenters. The molecule has 0 amide bonds. The van der Waals surface area contributed by atoms with E-state index >= 15 is 0 Å². The lowest BCUT2D eigenvalue weighted by Crippen LogP contribution is -2.22. The predicted molar refractivity (Wildman–Crippen MR) is 97.4 cm³/mol. The first-order chi connectivity index (χ1) is 12.7. The summed E-state index contributed by atoms with van der Waals surface area (Å²) in [7, 11) is 3.69. The molecule has 0 aliphatic rings. The number of hydrogen-bond donors (Lipinski definition) is 0. The van der Waals surface area contributed by atoms with E-state index in [1.165, 1.54) is 12.1 Å². The Hall–Kier alpha value is -2.39. The van der Waals surface area contributed by atoms with Gasteiger partial charge < -0.3 is 8.98 Å². The highest BCUT2D eigenvalue weighted by Gasteiger charge is 2.29. The van der Waals surface area contributed by atoms with Crippen LogP contribution in [0.25, 0.3) is 11.4 Å². The van der Waals surface area contributed by atoms with E-state index < -0.39 is 11.7 Å². The van der Waals surface area contributed by atoms with E-state index in [4.69, 9.17) is 16.6 Å². The maximum absolute atomic E-state index is 12.7. The monoisotopic (exact) mass is 396 g/mol. The molecular formula is C18H19F3N4OS. The molecule has 2 heterocycles. The van der Waals surface area contributed by atoms with Gasteiger partial charge in [-0.1, -0.05) is 12.1 Å². The van der Waals surface area contributed by atoms with Crippen LogP contribution in [0.5, 0.6) is 0 Å². The molecule has 5 nitrogen and oxygen atoms in total. The number of furan rings is 1. The molecule has 0 N–H and O–H groups in total. The van der Waals surface area contributed by atoms with Crippen LogP contribution in [0.4, 0.5) is 13.2 Å². The lowest BCUT2D eigenvalue weighted by atomic mass is 10.1. The van der Waals surface area contributed by atoms with Crippen LogP contribution in [-0.4, -0.2) is 26.3 Å². The van der Waals surface area contributed by atoms with Gasteiger partial charge in [0.15, 0.2) is 10.6 Å². The summed E-state index contributed by atoms with van der Waals surface area (Å²) in [6.45, 7) is 2.73. The van der Waals surface area contributed by atoms with Gasteiger partial charge >= 0.3 is 6.18 Å². The summed E-state index contributed by atoms with van der Waals surface area (Å²) < 4.78 is 47.3. The van der Waals surface area contributed by atoms with Crippen LogP contribution in [-0.2, 0) is 26.4 Å². The molecule has 0 spiro atoms. The van der Waals surface area contributed by atoms with Crippen molar-refractivity contribution >= 4 is 12.2 Å². The van der Waals surface area contributed by atoms with E-state index in [9.17, 15) is 13.2 Å². The Morgan fingerprint density at radius 1 is 1.19 bits per heavy atom. The second kappa shape index (κ2) is 7.32. The molecule has 3 aromatic rings. The summed E-state index contributed by atoms with van der Waals surface area (Å²) in [4.78, 5) is 1.93. The van der Waals surface area contributed by atoms with Gasteiger partial charge in [0.2, 0.25) is 0 Å². The van der Waals surface area contributed by atoms with Gasteiger partial charge in [0.05, 0.1) is 24.1 Å². The van der Waals surface area contributed by atoms with Crippen molar-refractivity contribution in [1.82, 2.24) is 19.2 Å². The molecule has 0 fully saturated rings. The molecule has 0 unspecified atom stereocenters. The Bertz CT molecular complexity index is 985. The fourth-order valence-electron chi connectivity index (χ4n) is 2.82. The van der Waals surface area contributed by atoms with E-state index in [0.29, 0.717) is 23.8 Å². The highest BCUT2D eigenvalue weighted by Crippen LogP contribution is 2.29. The van der Waals surface area contributed by atoms with Gasteiger partial charge in [-0.3, -0.25) is 4.90 Å². The zero-order valence-corrected chi connectivity index (χ0v) is 15.9. The van der Waals surface area contributed by atoms with Gasteiger partial charge in [-0.05, 0) is 50.0 Å². The topological polar surface area (TPSA) is 39.1 Å². The first-order valence-corrected chi connectivity index (χ1v) is 8.60. The SMILES string of the molecule is Cc1occc1-c1nn(CN(C)Cc2ccc(C(F)(F)F)cc2)c(=S)n1C. The molecule has 0 saturated heterocycles. The molecule has 2 aromatic heterocycles.